The zero-order chi connectivity index (χ0) is 51.6. The first-order valence-corrected chi connectivity index (χ1v) is 24.6. The number of rotatable bonds is 16. The summed E-state index contributed by atoms with van der Waals surface area (Å²) < 4.78 is 28.8. The first-order chi connectivity index (χ1) is 35.2. The van der Waals surface area contributed by atoms with Crippen molar-refractivity contribution in [1.82, 2.24) is 44.7 Å². The number of ether oxygens (including phenoxy) is 2. The number of nitrogens with zero attached hydrogens (tertiary/aromatic N) is 9. The van der Waals surface area contributed by atoms with Crippen molar-refractivity contribution in [3.63, 3.8) is 0 Å². The number of carbonyl (C=O) groups excluding carboxylic acids is 5. The van der Waals surface area contributed by atoms with E-state index in [1.807, 2.05) is 24.3 Å². The van der Waals surface area contributed by atoms with Crippen LogP contribution >= 0.6 is 0 Å². The average Bonchev–Trinajstić information content (AvgIpc) is 4.08. The van der Waals surface area contributed by atoms with Gasteiger partial charge >= 0.3 is 0 Å². The second kappa shape index (κ2) is 25.2. The van der Waals surface area contributed by atoms with Gasteiger partial charge in [-0.25, -0.2) is 23.9 Å². The SMILES string of the molecule is O=C1CCC(N2Cc3[c-]cccc3C2=O)C(=O)C1.[C-]#[N+]/C(=C\C(C)(C)CN1CCN(CCOCCNC([CH2-])=O)CC1)C(=O)N1CCC[C@H]1Cn1nc(-c2ccc(Oc3ccccc3)cc2F)c2c(N)ncnc21.[Y]. The molecule has 74 heavy (non-hydrogen) atoms. The van der Waals surface area contributed by atoms with E-state index in [9.17, 15) is 24.0 Å². The zero-order valence-corrected chi connectivity index (χ0v) is 44.6. The number of nitrogens with one attached hydrogen (secondary N) is 1. The number of benzene rings is 3. The summed E-state index contributed by atoms with van der Waals surface area (Å²) in [5.74, 6) is -0.347. The van der Waals surface area contributed by atoms with Gasteiger partial charge in [-0.15, -0.1) is 5.56 Å². The van der Waals surface area contributed by atoms with Crippen LogP contribution in [0.4, 0.5) is 10.2 Å². The molecule has 2 atom stereocenters. The summed E-state index contributed by atoms with van der Waals surface area (Å²) in [4.78, 5) is 80.5. The molecule has 5 heterocycles. The van der Waals surface area contributed by atoms with E-state index in [1.165, 1.54) is 12.4 Å². The summed E-state index contributed by atoms with van der Waals surface area (Å²) in [7, 11) is 0. The predicted octanol–water partition coefficient (Wildman–Crippen LogP) is 5.54. The van der Waals surface area contributed by atoms with Gasteiger partial charge in [0.15, 0.2) is 17.3 Å². The van der Waals surface area contributed by atoms with Crippen molar-refractivity contribution in [2.75, 3.05) is 71.3 Å². The Morgan fingerprint density at radius 1 is 0.986 bits per heavy atom. The fraction of sp³-hybridized carbons (Fsp3) is 0.407. The van der Waals surface area contributed by atoms with Crippen LogP contribution < -0.4 is 15.8 Å². The van der Waals surface area contributed by atoms with E-state index in [-0.39, 0.29) is 98.1 Å². The Kier molecular flexibility index (Phi) is 18.8. The van der Waals surface area contributed by atoms with E-state index in [4.69, 9.17) is 26.9 Å². The number of halogens is 1. The number of hydrogen-bond acceptors (Lipinski definition) is 13. The van der Waals surface area contributed by atoms with Gasteiger partial charge in [0.2, 0.25) is 5.70 Å². The molecule has 20 heteroatoms. The van der Waals surface area contributed by atoms with Gasteiger partial charge in [0, 0.05) is 110 Å². The molecular weight excluding hydrogens is 1020 g/mol. The van der Waals surface area contributed by atoms with Gasteiger partial charge in [0.25, 0.3) is 5.91 Å². The number of nitrogen functional groups attached to an aromatic ring is 1. The molecule has 4 aliphatic rings. The van der Waals surface area contributed by atoms with Crippen LogP contribution in [0.2, 0.25) is 0 Å². The molecule has 2 aromatic heterocycles. The number of Topliss-reactive ketones (excluding diaryl/α,β-unsaturated/α-hetero) is 2. The number of anilines is 1. The molecule has 1 radical (unpaired) electrons. The van der Waals surface area contributed by atoms with E-state index in [0.717, 1.165) is 44.7 Å². The second-order valence-electron chi connectivity index (χ2n) is 19.3. The maximum Gasteiger partial charge on any atom is 0.252 e. The number of nitrogens with two attached hydrogens (primary N) is 1. The summed E-state index contributed by atoms with van der Waals surface area (Å²) >= 11 is 0. The van der Waals surface area contributed by atoms with Crippen LogP contribution in [0.15, 0.2) is 84.8 Å². The molecule has 3 aliphatic heterocycles. The number of piperazine rings is 1. The minimum Gasteiger partial charge on any atom is -0.457 e. The fourth-order valence-electron chi connectivity index (χ4n) is 9.87. The minimum atomic E-state index is -0.545. The maximum absolute atomic E-state index is 15.7. The van der Waals surface area contributed by atoms with Crippen molar-refractivity contribution in [3.05, 3.63) is 126 Å². The Labute approximate surface area is 455 Å². The van der Waals surface area contributed by atoms with Crippen LogP contribution in [0.1, 0.15) is 61.9 Å². The van der Waals surface area contributed by atoms with Crippen LogP contribution in [0, 0.1) is 30.8 Å². The Morgan fingerprint density at radius 2 is 1.76 bits per heavy atom. The van der Waals surface area contributed by atoms with Gasteiger partial charge in [-0.05, 0) is 48.9 Å². The maximum atomic E-state index is 15.7. The smallest absolute Gasteiger partial charge is 0.252 e. The van der Waals surface area contributed by atoms with Crippen molar-refractivity contribution in [1.29, 1.82) is 0 Å². The molecule has 3 fully saturated rings. The van der Waals surface area contributed by atoms with Crippen LogP contribution in [0.3, 0.4) is 0 Å². The molecule has 1 saturated carbocycles. The van der Waals surface area contributed by atoms with Gasteiger partial charge in [-0.2, -0.15) is 29.4 Å². The minimum absolute atomic E-state index is 0. The number of aromatic nitrogens is 4. The normalized spacial score (nSPS) is 18.4. The average molecular weight is 1080 g/mol. The molecule has 3 N–H and O–H groups in total. The first-order valence-electron chi connectivity index (χ1n) is 24.6. The third-order valence-electron chi connectivity index (χ3n) is 13.4. The molecule has 2 saturated heterocycles. The van der Waals surface area contributed by atoms with E-state index in [1.54, 1.807) is 56.9 Å². The van der Waals surface area contributed by atoms with E-state index in [2.05, 4.69) is 56.8 Å². The monoisotopic (exact) mass is 1080 g/mol. The van der Waals surface area contributed by atoms with Gasteiger partial charge in [0.05, 0.1) is 56.1 Å². The topological polar surface area (TPSA) is 203 Å². The van der Waals surface area contributed by atoms with Gasteiger partial charge in [-0.1, -0.05) is 43.7 Å². The Morgan fingerprint density at radius 3 is 2.47 bits per heavy atom. The standard InChI is InChI=1S/C40H48FN10O4.C14H12NO3.Y/c1-28(52)44-14-21-54-22-20-48-16-18-49(19-17-48)26-40(2,3)24-34(43-4)39(53)50-15-8-9-29(50)25-51-38-35(37(42)45-27-46-38)36(47-51)32-13-12-31(23-33(32)41)55-30-10-6-5-7-11-30;16-10-5-6-12(13(17)7-10)15-8-9-3-1-2-4-11(9)14(15)18;/h5-7,10-13,23-24,27,29H,1,8-9,14-22,25-26H2,2-3H3,(H,44,52)(H2,42,45,46);1-2,4,12H,5-8H2;/q2*-1;/b34-24-;;/t29-;;/m0../s1. The quantitative estimate of drug-likeness (QED) is 0.0540. The summed E-state index contributed by atoms with van der Waals surface area (Å²) in [5.41, 5.74) is 8.40. The van der Waals surface area contributed by atoms with Crippen LogP contribution in [-0.4, -0.2) is 146 Å². The molecule has 3 amide bonds. The fourth-order valence-corrected chi connectivity index (χ4v) is 9.87. The number of para-hydroxylation sites is 1. The predicted molar refractivity (Wildman–Crippen MR) is 270 cm³/mol. The zero-order valence-electron chi connectivity index (χ0n) is 41.8. The van der Waals surface area contributed by atoms with E-state index < -0.39 is 17.3 Å². The van der Waals surface area contributed by atoms with Crippen molar-refractivity contribution in [2.24, 2.45) is 5.41 Å². The second-order valence-corrected chi connectivity index (χ2v) is 19.3. The Bertz CT molecular complexity index is 2920. The molecule has 5 aromatic rings. The number of likely N-dealkylation sites (tertiary alicyclic amines) is 1. The van der Waals surface area contributed by atoms with E-state index in [0.29, 0.717) is 92.4 Å². The molecular formula is C54H60FN11O7Y-2. The van der Waals surface area contributed by atoms with Crippen molar-refractivity contribution < 1.29 is 70.5 Å². The Hall–Kier alpha value is -6.43. The van der Waals surface area contributed by atoms with Gasteiger partial charge in [-0.3, -0.25) is 24.1 Å². The van der Waals surface area contributed by atoms with Gasteiger partial charge < -0.3 is 46.9 Å². The molecule has 18 nitrogen and oxygen atoms in total. The van der Waals surface area contributed by atoms with Crippen molar-refractivity contribution in [3.8, 4) is 22.8 Å². The summed E-state index contributed by atoms with van der Waals surface area (Å²) in [6, 6.07) is 21.3. The molecule has 3 aromatic carbocycles. The van der Waals surface area contributed by atoms with E-state index >= 15 is 4.39 Å². The molecule has 0 bridgehead atoms. The van der Waals surface area contributed by atoms with Crippen molar-refractivity contribution in [2.45, 2.75) is 71.1 Å². The van der Waals surface area contributed by atoms with Gasteiger partial charge in [0.1, 0.15) is 40.9 Å². The summed E-state index contributed by atoms with van der Waals surface area (Å²) in [6.45, 7) is 23.1. The molecule has 1 unspecified atom stereocenters. The number of hydrogen-bond donors (Lipinski definition) is 2. The third kappa shape index (κ3) is 13.6. The van der Waals surface area contributed by atoms with Crippen LogP contribution in [0.25, 0.3) is 27.1 Å². The third-order valence-corrected chi connectivity index (χ3v) is 13.4. The first kappa shape index (κ1) is 55.3. The van der Waals surface area contributed by atoms with Crippen LogP contribution in [0.5, 0.6) is 11.5 Å². The summed E-state index contributed by atoms with van der Waals surface area (Å²) in [6.07, 6.45) is 5.45. The number of amides is 3. The number of ketones is 2. The number of carbonyl (C=O) groups is 5. The molecule has 0 spiro atoms. The molecule has 385 valence electrons. The largest absolute Gasteiger partial charge is 0.457 e. The number of fused-ring (bicyclic) bond motifs is 2. The Balaban J connectivity index is 0.000000352. The molecule has 1 aliphatic carbocycles. The summed E-state index contributed by atoms with van der Waals surface area (Å²) in [5, 5.41) is 7.83. The van der Waals surface area contributed by atoms with Crippen LogP contribution in [-0.2, 0) is 69.7 Å². The molecule has 9 rings (SSSR count). The van der Waals surface area contributed by atoms with Crippen molar-refractivity contribution >= 4 is 46.1 Å².